The van der Waals surface area contributed by atoms with Crippen molar-refractivity contribution < 1.29 is 4.74 Å². The first-order valence-corrected chi connectivity index (χ1v) is 6.52. The third kappa shape index (κ3) is 3.58. The number of aryl methyl sites for hydroxylation is 1. The molecule has 0 aliphatic rings. The topological polar surface area (TPSA) is 47.0 Å². The smallest absolute Gasteiger partial charge is 0.219 e. The molecule has 0 spiro atoms. The minimum absolute atomic E-state index is 0.392. The van der Waals surface area contributed by atoms with Crippen LogP contribution in [0.15, 0.2) is 30.3 Å². The molecule has 2 rings (SSSR count). The molecule has 0 atom stereocenters. The molecule has 1 aromatic carbocycles. The number of ether oxygens (including phenoxy) is 1. The Bertz CT molecular complexity index is 538. The summed E-state index contributed by atoms with van der Waals surface area (Å²) in [7, 11) is 1.82. The van der Waals surface area contributed by atoms with Crippen molar-refractivity contribution in [3.63, 3.8) is 0 Å². The van der Waals surface area contributed by atoms with Crippen molar-refractivity contribution >= 4 is 17.4 Å². The van der Waals surface area contributed by atoms with Crippen LogP contribution in [0, 0.1) is 0 Å². The van der Waals surface area contributed by atoms with Crippen molar-refractivity contribution in [2.75, 3.05) is 12.4 Å². The van der Waals surface area contributed by atoms with E-state index in [0.29, 0.717) is 17.5 Å². The largest absolute Gasteiger partial charge is 0.473 e. The van der Waals surface area contributed by atoms with Gasteiger partial charge in [-0.3, -0.25) is 0 Å². The van der Waals surface area contributed by atoms with E-state index in [-0.39, 0.29) is 0 Å². The van der Waals surface area contributed by atoms with E-state index in [2.05, 4.69) is 15.3 Å². The van der Waals surface area contributed by atoms with Gasteiger partial charge in [-0.1, -0.05) is 36.7 Å². The van der Waals surface area contributed by atoms with Gasteiger partial charge < -0.3 is 10.1 Å². The minimum Gasteiger partial charge on any atom is -0.473 e. The van der Waals surface area contributed by atoms with E-state index in [4.69, 9.17) is 16.3 Å². The van der Waals surface area contributed by atoms with Gasteiger partial charge in [0.15, 0.2) is 0 Å². The normalized spacial score (nSPS) is 10.3. The standard InChI is InChI=1S/C14H16ClN3O/c1-3-12-17-13(16-2)8-14(18-12)19-9-10-6-4-5-7-11(10)15/h4-8H,3,9H2,1-2H3,(H,16,17,18). The molecule has 1 N–H and O–H groups in total. The minimum atomic E-state index is 0.392. The molecule has 0 radical (unpaired) electrons. The van der Waals surface area contributed by atoms with Crippen LogP contribution in [0.4, 0.5) is 5.82 Å². The van der Waals surface area contributed by atoms with Gasteiger partial charge in [-0.15, -0.1) is 0 Å². The molecule has 1 heterocycles. The Morgan fingerprint density at radius 1 is 1.26 bits per heavy atom. The van der Waals surface area contributed by atoms with Crippen LogP contribution < -0.4 is 10.1 Å². The second-order valence-corrected chi connectivity index (χ2v) is 4.40. The molecule has 0 unspecified atom stereocenters. The van der Waals surface area contributed by atoms with E-state index in [1.54, 1.807) is 6.07 Å². The van der Waals surface area contributed by atoms with Gasteiger partial charge in [-0.05, 0) is 6.07 Å². The zero-order valence-electron chi connectivity index (χ0n) is 11.0. The van der Waals surface area contributed by atoms with E-state index >= 15 is 0 Å². The van der Waals surface area contributed by atoms with Crippen LogP contribution in [-0.4, -0.2) is 17.0 Å². The predicted octanol–water partition coefficient (Wildman–Crippen LogP) is 3.31. The maximum Gasteiger partial charge on any atom is 0.219 e. The lowest BCUT2D eigenvalue weighted by Gasteiger charge is -2.09. The Balaban J connectivity index is 2.13. The second-order valence-electron chi connectivity index (χ2n) is 3.99. The molecule has 19 heavy (non-hydrogen) atoms. The molecule has 2 aromatic rings. The number of hydrogen-bond donors (Lipinski definition) is 1. The fourth-order valence-corrected chi connectivity index (χ4v) is 1.79. The number of aromatic nitrogens is 2. The SMILES string of the molecule is CCc1nc(NC)cc(OCc2ccccc2Cl)n1. The first-order valence-electron chi connectivity index (χ1n) is 6.15. The first-order chi connectivity index (χ1) is 9.22. The Morgan fingerprint density at radius 2 is 2.05 bits per heavy atom. The summed E-state index contributed by atoms with van der Waals surface area (Å²) in [5.74, 6) is 2.05. The third-order valence-electron chi connectivity index (χ3n) is 2.65. The Morgan fingerprint density at radius 3 is 2.74 bits per heavy atom. The maximum atomic E-state index is 6.08. The van der Waals surface area contributed by atoms with Gasteiger partial charge in [0.05, 0.1) is 0 Å². The summed E-state index contributed by atoms with van der Waals surface area (Å²) < 4.78 is 5.68. The van der Waals surface area contributed by atoms with Crippen LogP contribution in [0.1, 0.15) is 18.3 Å². The molecule has 0 saturated heterocycles. The third-order valence-corrected chi connectivity index (χ3v) is 3.02. The highest BCUT2D eigenvalue weighted by Crippen LogP contribution is 2.19. The van der Waals surface area contributed by atoms with E-state index in [1.165, 1.54) is 0 Å². The van der Waals surface area contributed by atoms with E-state index in [0.717, 1.165) is 23.6 Å². The van der Waals surface area contributed by atoms with Crippen molar-refractivity contribution in [2.24, 2.45) is 0 Å². The molecular weight excluding hydrogens is 262 g/mol. The van der Waals surface area contributed by atoms with Gasteiger partial charge >= 0.3 is 0 Å². The number of nitrogens with zero attached hydrogens (tertiary/aromatic N) is 2. The average Bonchev–Trinajstić information content (AvgIpc) is 2.46. The Kier molecular flexibility index (Phi) is 4.58. The summed E-state index contributed by atoms with van der Waals surface area (Å²) in [6, 6.07) is 9.38. The molecule has 0 fully saturated rings. The Hall–Kier alpha value is -1.81. The van der Waals surface area contributed by atoms with Crippen molar-refractivity contribution in [2.45, 2.75) is 20.0 Å². The summed E-state index contributed by atoms with van der Waals surface area (Å²) in [5, 5.41) is 3.69. The van der Waals surface area contributed by atoms with Gasteiger partial charge in [0.25, 0.3) is 0 Å². The zero-order chi connectivity index (χ0) is 13.7. The lowest BCUT2D eigenvalue weighted by atomic mass is 10.2. The monoisotopic (exact) mass is 277 g/mol. The molecule has 100 valence electrons. The van der Waals surface area contributed by atoms with E-state index in [1.807, 2.05) is 38.2 Å². The van der Waals surface area contributed by atoms with Gasteiger partial charge in [0.1, 0.15) is 18.2 Å². The van der Waals surface area contributed by atoms with Crippen molar-refractivity contribution in [1.29, 1.82) is 0 Å². The summed E-state index contributed by atoms with van der Waals surface area (Å²) in [4.78, 5) is 8.64. The highest BCUT2D eigenvalue weighted by atomic mass is 35.5. The number of benzene rings is 1. The summed E-state index contributed by atoms with van der Waals surface area (Å²) in [5.41, 5.74) is 0.937. The number of rotatable bonds is 5. The molecule has 0 amide bonds. The molecule has 0 saturated carbocycles. The maximum absolute atomic E-state index is 6.08. The lowest BCUT2D eigenvalue weighted by molar-refractivity contribution is 0.292. The fraction of sp³-hybridized carbons (Fsp3) is 0.286. The second kappa shape index (κ2) is 6.38. The van der Waals surface area contributed by atoms with Crippen LogP contribution >= 0.6 is 11.6 Å². The molecule has 1 aromatic heterocycles. The predicted molar refractivity (Wildman–Crippen MR) is 76.7 cm³/mol. The molecule has 0 aliphatic heterocycles. The Labute approximate surface area is 117 Å². The molecule has 4 nitrogen and oxygen atoms in total. The van der Waals surface area contributed by atoms with Crippen molar-refractivity contribution in [3.05, 3.63) is 46.7 Å². The average molecular weight is 278 g/mol. The number of nitrogens with one attached hydrogen (secondary N) is 1. The van der Waals surface area contributed by atoms with E-state index in [9.17, 15) is 0 Å². The van der Waals surface area contributed by atoms with Crippen LogP contribution in [0.25, 0.3) is 0 Å². The van der Waals surface area contributed by atoms with Gasteiger partial charge in [0, 0.05) is 30.1 Å². The number of anilines is 1. The number of halogens is 1. The highest BCUT2D eigenvalue weighted by molar-refractivity contribution is 6.31. The van der Waals surface area contributed by atoms with Gasteiger partial charge in [-0.2, -0.15) is 4.98 Å². The lowest BCUT2D eigenvalue weighted by Crippen LogP contribution is -2.04. The van der Waals surface area contributed by atoms with Gasteiger partial charge in [-0.25, -0.2) is 4.98 Å². The summed E-state index contributed by atoms with van der Waals surface area (Å²) in [6.07, 6.45) is 0.762. The van der Waals surface area contributed by atoms with Crippen molar-refractivity contribution in [1.82, 2.24) is 9.97 Å². The van der Waals surface area contributed by atoms with Crippen molar-refractivity contribution in [3.8, 4) is 5.88 Å². The summed E-state index contributed by atoms with van der Waals surface area (Å²) in [6.45, 7) is 2.40. The van der Waals surface area contributed by atoms with Crippen LogP contribution in [0.2, 0.25) is 5.02 Å². The molecule has 0 bridgehead atoms. The fourth-order valence-electron chi connectivity index (χ4n) is 1.60. The summed E-state index contributed by atoms with van der Waals surface area (Å²) >= 11 is 6.08. The molecule has 0 aliphatic carbocycles. The first kappa shape index (κ1) is 13.6. The van der Waals surface area contributed by atoms with Crippen LogP contribution in [-0.2, 0) is 13.0 Å². The van der Waals surface area contributed by atoms with Gasteiger partial charge in [0.2, 0.25) is 5.88 Å². The molecular formula is C14H16ClN3O. The van der Waals surface area contributed by atoms with Crippen LogP contribution in [0.5, 0.6) is 5.88 Å². The number of hydrogen-bond acceptors (Lipinski definition) is 4. The van der Waals surface area contributed by atoms with Crippen LogP contribution in [0.3, 0.4) is 0 Å². The zero-order valence-corrected chi connectivity index (χ0v) is 11.7. The van der Waals surface area contributed by atoms with E-state index < -0.39 is 0 Å². The molecule has 5 heteroatoms. The highest BCUT2D eigenvalue weighted by Gasteiger charge is 2.05. The quantitative estimate of drug-likeness (QED) is 0.911.